The SMILES string of the molecule is CC(=C=C(CCCOc1ccccc1)c1ccccc1)CC(C)(C)C. The molecule has 2 rings (SSSR count). The molecule has 0 aromatic heterocycles. The summed E-state index contributed by atoms with van der Waals surface area (Å²) in [6.07, 6.45) is 3.01. The maximum Gasteiger partial charge on any atom is 0.119 e. The normalized spacial score (nSPS) is 10.9. The summed E-state index contributed by atoms with van der Waals surface area (Å²) in [5, 5.41) is 0. The van der Waals surface area contributed by atoms with Crippen molar-refractivity contribution >= 4 is 5.57 Å². The lowest BCUT2D eigenvalue weighted by Gasteiger charge is -2.17. The van der Waals surface area contributed by atoms with Gasteiger partial charge in [-0.05, 0) is 54.9 Å². The van der Waals surface area contributed by atoms with Crippen LogP contribution < -0.4 is 4.74 Å². The van der Waals surface area contributed by atoms with E-state index in [-0.39, 0.29) is 5.41 Å². The summed E-state index contributed by atoms with van der Waals surface area (Å²) in [6, 6.07) is 20.6. The Morgan fingerprint density at radius 2 is 1.52 bits per heavy atom. The molecule has 0 radical (unpaired) electrons. The van der Waals surface area contributed by atoms with Gasteiger partial charge in [-0.25, -0.2) is 0 Å². The van der Waals surface area contributed by atoms with Crippen molar-refractivity contribution < 1.29 is 4.74 Å². The van der Waals surface area contributed by atoms with Crippen LogP contribution in [0, 0.1) is 5.41 Å². The van der Waals surface area contributed by atoms with Crippen LogP contribution in [-0.2, 0) is 0 Å². The van der Waals surface area contributed by atoms with Crippen molar-refractivity contribution in [3.05, 3.63) is 77.5 Å². The van der Waals surface area contributed by atoms with E-state index in [0.29, 0.717) is 0 Å². The first-order chi connectivity index (χ1) is 11.9. The van der Waals surface area contributed by atoms with Crippen molar-refractivity contribution in [3.8, 4) is 5.75 Å². The first-order valence-corrected chi connectivity index (χ1v) is 9.12. The van der Waals surface area contributed by atoms with Crippen molar-refractivity contribution in [1.82, 2.24) is 0 Å². The second-order valence-electron chi connectivity index (χ2n) is 7.75. The summed E-state index contributed by atoms with van der Waals surface area (Å²) in [6.45, 7) is 9.73. The van der Waals surface area contributed by atoms with Gasteiger partial charge in [0, 0.05) is 5.57 Å². The number of ether oxygens (including phenoxy) is 1. The van der Waals surface area contributed by atoms with Crippen molar-refractivity contribution in [1.29, 1.82) is 0 Å². The average Bonchev–Trinajstić information content (AvgIpc) is 2.58. The Hall–Kier alpha value is -2.24. The summed E-state index contributed by atoms with van der Waals surface area (Å²) in [7, 11) is 0. The van der Waals surface area contributed by atoms with Gasteiger partial charge >= 0.3 is 0 Å². The van der Waals surface area contributed by atoms with Gasteiger partial charge in [-0.1, -0.05) is 69.3 Å². The van der Waals surface area contributed by atoms with E-state index < -0.39 is 0 Å². The molecule has 2 aromatic rings. The largest absolute Gasteiger partial charge is 0.494 e. The highest BCUT2D eigenvalue weighted by Gasteiger charge is 2.11. The molecule has 0 atom stereocenters. The molecule has 0 saturated heterocycles. The highest BCUT2D eigenvalue weighted by atomic mass is 16.5. The Balaban J connectivity index is 2.06. The zero-order valence-corrected chi connectivity index (χ0v) is 16.0. The van der Waals surface area contributed by atoms with E-state index in [1.165, 1.54) is 16.7 Å². The third-order valence-electron chi connectivity index (χ3n) is 3.87. The molecule has 0 amide bonds. The van der Waals surface area contributed by atoms with Crippen LogP contribution in [0.3, 0.4) is 0 Å². The van der Waals surface area contributed by atoms with Crippen LogP contribution in [0.15, 0.2) is 72.0 Å². The number of allylic oxidation sites excluding steroid dienone is 1. The predicted molar refractivity (Wildman–Crippen MR) is 108 cm³/mol. The summed E-state index contributed by atoms with van der Waals surface area (Å²) in [4.78, 5) is 0. The van der Waals surface area contributed by atoms with E-state index in [1.807, 2.05) is 30.3 Å². The second kappa shape index (κ2) is 9.30. The molecular formula is C24H30O. The lowest BCUT2D eigenvalue weighted by molar-refractivity contribution is 0.313. The van der Waals surface area contributed by atoms with Gasteiger partial charge in [0.25, 0.3) is 0 Å². The van der Waals surface area contributed by atoms with Gasteiger partial charge in [0.2, 0.25) is 0 Å². The van der Waals surface area contributed by atoms with Crippen LogP contribution in [-0.4, -0.2) is 6.61 Å². The molecule has 1 nitrogen and oxygen atoms in total. The molecule has 2 aromatic carbocycles. The van der Waals surface area contributed by atoms with Crippen LogP contribution in [0.4, 0.5) is 0 Å². The summed E-state index contributed by atoms with van der Waals surface area (Å²) < 4.78 is 5.83. The van der Waals surface area contributed by atoms with E-state index >= 15 is 0 Å². The Morgan fingerprint density at radius 3 is 2.12 bits per heavy atom. The minimum atomic E-state index is 0.287. The molecule has 0 aliphatic heterocycles. The Labute approximate surface area is 153 Å². The van der Waals surface area contributed by atoms with Gasteiger partial charge in [-0.15, -0.1) is 5.73 Å². The van der Waals surface area contributed by atoms with Gasteiger partial charge < -0.3 is 4.74 Å². The fourth-order valence-corrected chi connectivity index (χ4v) is 2.97. The Kier molecular flexibility index (Phi) is 7.10. The van der Waals surface area contributed by atoms with Crippen LogP contribution in [0.2, 0.25) is 0 Å². The molecule has 0 aliphatic carbocycles. The highest BCUT2D eigenvalue weighted by Crippen LogP contribution is 2.25. The molecular weight excluding hydrogens is 304 g/mol. The molecule has 0 aliphatic rings. The standard InChI is InChI=1S/C24H30O/c1-20(19-24(2,3)4)18-22(21-12-7-5-8-13-21)14-11-17-25-23-15-9-6-10-16-23/h5-10,12-13,15-16H,11,14,17,19H2,1-4H3. The monoisotopic (exact) mass is 334 g/mol. The van der Waals surface area contributed by atoms with Gasteiger partial charge in [0.15, 0.2) is 0 Å². The Bertz CT molecular complexity index is 699. The number of rotatable bonds is 7. The van der Waals surface area contributed by atoms with E-state index in [2.05, 4.69) is 63.8 Å². The molecule has 0 bridgehead atoms. The van der Waals surface area contributed by atoms with Crippen molar-refractivity contribution in [3.63, 3.8) is 0 Å². The quantitative estimate of drug-likeness (QED) is 0.395. The minimum Gasteiger partial charge on any atom is -0.494 e. The van der Waals surface area contributed by atoms with Gasteiger partial charge in [-0.3, -0.25) is 0 Å². The molecule has 0 saturated carbocycles. The van der Waals surface area contributed by atoms with Crippen molar-refractivity contribution in [2.75, 3.05) is 6.61 Å². The average molecular weight is 335 g/mol. The zero-order chi connectivity index (χ0) is 18.1. The maximum absolute atomic E-state index is 5.83. The van der Waals surface area contributed by atoms with Crippen LogP contribution in [0.1, 0.15) is 52.5 Å². The van der Waals surface area contributed by atoms with Gasteiger partial charge in [-0.2, -0.15) is 0 Å². The van der Waals surface area contributed by atoms with Gasteiger partial charge in [0.05, 0.1) is 6.61 Å². The minimum absolute atomic E-state index is 0.287. The third kappa shape index (κ3) is 7.45. The molecule has 0 unspecified atom stereocenters. The summed E-state index contributed by atoms with van der Waals surface area (Å²) >= 11 is 0. The first kappa shape index (κ1) is 19.1. The maximum atomic E-state index is 5.83. The number of benzene rings is 2. The van der Waals surface area contributed by atoms with Crippen LogP contribution in [0.25, 0.3) is 5.57 Å². The fraction of sp³-hybridized carbons (Fsp3) is 0.375. The van der Waals surface area contributed by atoms with E-state index in [4.69, 9.17) is 4.74 Å². The third-order valence-corrected chi connectivity index (χ3v) is 3.87. The lowest BCUT2D eigenvalue weighted by atomic mass is 9.88. The molecule has 0 N–H and O–H groups in total. The van der Waals surface area contributed by atoms with Gasteiger partial charge in [0.1, 0.15) is 5.75 Å². The van der Waals surface area contributed by atoms with Crippen LogP contribution >= 0.6 is 0 Å². The first-order valence-electron chi connectivity index (χ1n) is 9.12. The van der Waals surface area contributed by atoms with Crippen LogP contribution in [0.5, 0.6) is 5.75 Å². The Morgan fingerprint density at radius 1 is 0.920 bits per heavy atom. The number of para-hydroxylation sites is 1. The number of hydrogen-bond donors (Lipinski definition) is 0. The smallest absolute Gasteiger partial charge is 0.119 e. The lowest BCUT2D eigenvalue weighted by Crippen LogP contribution is -2.04. The highest BCUT2D eigenvalue weighted by molar-refractivity contribution is 5.65. The fourth-order valence-electron chi connectivity index (χ4n) is 2.97. The molecule has 25 heavy (non-hydrogen) atoms. The molecule has 0 fully saturated rings. The van der Waals surface area contributed by atoms with E-state index in [0.717, 1.165) is 31.6 Å². The summed E-state index contributed by atoms with van der Waals surface area (Å²) in [5.41, 5.74) is 7.80. The molecule has 1 heteroatoms. The van der Waals surface area contributed by atoms with Crippen molar-refractivity contribution in [2.24, 2.45) is 5.41 Å². The van der Waals surface area contributed by atoms with Crippen molar-refractivity contribution in [2.45, 2.75) is 47.0 Å². The molecule has 0 heterocycles. The predicted octanol–water partition coefficient (Wildman–Crippen LogP) is 6.91. The zero-order valence-electron chi connectivity index (χ0n) is 16.0. The molecule has 0 spiro atoms. The topological polar surface area (TPSA) is 9.23 Å². The number of hydrogen-bond acceptors (Lipinski definition) is 1. The second-order valence-corrected chi connectivity index (χ2v) is 7.75. The van der Waals surface area contributed by atoms with E-state index in [9.17, 15) is 0 Å². The van der Waals surface area contributed by atoms with E-state index in [1.54, 1.807) is 0 Å². The summed E-state index contributed by atoms with van der Waals surface area (Å²) in [5.74, 6) is 0.937. The molecule has 132 valence electrons.